The van der Waals surface area contributed by atoms with Gasteiger partial charge in [-0.1, -0.05) is 0 Å². The summed E-state index contributed by atoms with van der Waals surface area (Å²) in [4.78, 5) is 11.6. The second-order valence-corrected chi connectivity index (χ2v) is 4.37. The smallest absolute Gasteiger partial charge is 0.266 e. The summed E-state index contributed by atoms with van der Waals surface area (Å²) >= 11 is 0. The van der Waals surface area contributed by atoms with Gasteiger partial charge in [0.05, 0.1) is 18.7 Å². The molecule has 6 heteroatoms. The topological polar surface area (TPSA) is 60.0 Å². The van der Waals surface area contributed by atoms with Crippen LogP contribution in [-0.2, 0) is 6.54 Å². The Morgan fingerprint density at radius 1 is 1.20 bits per heavy atom. The first-order valence-electron chi connectivity index (χ1n) is 6.15. The van der Waals surface area contributed by atoms with E-state index in [0.717, 1.165) is 5.39 Å². The summed E-state index contributed by atoms with van der Waals surface area (Å²) in [6.45, 7) is -0.0440. The molecule has 0 radical (unpaired) electrons. The van der Waals surface area contributed by atoms with Crippen LogP contribution in [0.2, 0.25) is 0 Å². The van der Waals surface area contributed by atoms with E-state index in [4.69, 9.17) is 5.11 Å². The second-order valence-electron chi connectivity index (χ2n) is 4.37. The molecule has 2 heterocycles. The number of aliphatic hydroxyl groups excluding tert-OH is 1. The Hall–Kier alpha value is -2.47. The molecular formula is C14H12FN3O2. The van der Waals surface area contributed by atoms with Gasteiger partial charge < -0.3 is 5.11 Å². The van der Waals surface area contributed by atoms with Crippen molar-refractivity contribution in [1.82, 2.24) is 14.3 Å². The van der Waals surface area contributed by atoms with Crippen LogP contribution in [0.15, 0.2) is 47.4 Å². The van der Waals surface area contributed by atoms with Crippen molar-refractivity contribution in [3.63, 3.8) is 0 Å². The first-order chi connectivity index (χ1) is 9.69. The van der Waals surface area contributed by atoms with Gasteiger partial charge in [0.2, 0.25) is 0 Å². The molecule has 0 spiro atoms. The number of halogens is 1. The van der Waals surface area contributed by atoms with Crippen molar-refractivity contribution in [2.45, 2.75) is 6.54 Å². The lowest BCUT2D eigenvalue weighted by molar-refractivity contribution is 0.266. The summed E-state index contributed by atoms with van der Waals surface area (Å²) < 4.78 is 16.2. The molecule has 5 nitrogen and oxygen atoms in total. The molecule has 3 rings (SSSR count). The van der Waals surface area contributed by atoms with Crippen LogP contribution < -0.4 is 5.56 Å². The van der Waals surface area contributed by atoms with E-state index in [2.05, 4.69) is 5.10 Å². The maximum absolute atomic E-state index is 13.4. The predicted molar refractivity (Wildman–Crippen MR) is 72.4 cm³/mol. The Kier molecular flexibility index (Phi) is 3.08. The third-order valence-electron chi connectivity index (χ3n) is 3.07. The fourth-order valence-electron chi connectivity index (χ4n) is 2.12. The molecule has 2 aromatic heterocycles. The molecule has 102 valence electrons. The standard InChI is InChI=1S/C14H12FN3O2/c15-11-2-1-10-5-6-17(12(10)9-11)13-3-4-14(20)18(16-13)7-8-19/h1-6,9,19H,7-8H2. The highest BCUT2D eigenvalue weighted by atomic mass is 19.1. The molecule has 20 heavy (non-hydrogen) atoms. The molecule has 0 aliphatic carbocycles. The molecule has 0 amide bonds. The average Bonchev–Trinajstić information content (AvgIpc) is 2.84. The van der Waals surface area contributed by atoms with E-state index in [-0.39, 0.29) is 24.5 Å². The van der Waals surface area contributed by atoms with E-state index >= 15 is 0 Å². The van der Waals surface area contributed by atoms with Crippen LogP contribution in [0, 0.1) is 5.82 Å². The van der Waals surface area contributed by atoms with Gasteiger partial charge in [-0.05, 0) is 30.3 Å². The van der Waals surface area contributed by atoms with Crippen LogP contribution in [0.4, 0.5) is 4.39 Å². The molecule has 0 saturated carbocycles. The van der Waals surface area contributed by atoms with Crippen molar-refractivity contribution in [2.75, 3.05) is 6.61 Å². The molecule has 1 N–H and O–H groups in total. The molecule has 0 fully saturated rings. The van der Waals surface area contributed by atoms with Crippen molar-refractivity contribution in [2.24, 2.45) is 0 Å². The normalized spacial score (nSPS) is 11.1. The molecule has 0 aliphatic heterocycles. The van der Waals surface area contributed by atoms with Crippen LogP contribution in [-0.4, -0.2) is 26.1 Å². The number of aromatic nitrogens is 3. The van der Waals surface area contributed by atoms with Gasteiger partial charge in [0, 0.05) is 17.6 Å². The van der Waals surface area contributed by atoms with Crippen LogP contribution >= 0.6 is 0 Å². The fourth-order valence-corrected chi connectivity index (χ4v) is 2.12. The van der Waals surface area contributed by atoms with E-state index in [1.807, 2.05) is 6.07 Å². The lowest BCUT2D eigenvalue weighted by atomic mass is 10.2. The van der Waals surface area contributed by atoms with Crippen molar-refractivity contribution >= 4 is 10.9 Å². The second kappa shape index (κ2) is 4.90. The van der Waals surface area contributed by atoms with Crippen LogP contribution in [0.1, 0.15) is 0 Å². The van der Waals surface area contributed by atoms with Gasteiger partial charge in [0.15, 0.2) is 5.82 Å². The summed E-state index contributed by atoms with van der Waals surface area (Å²) in [5.41, 5.74) is 0.386. The van der Waals surface area contributed by atoms with E-state index in [9.17, 15) is 9.18 Å². The van der Waals surface area contributed by atoms with Crippen molar-refractivity contribution in [3.8, 4) is 5.82 Å². The summed E-state index contributed by atoms with van der Waals surface area (Å²) in [6.07, 6.45) is 1.76. The minimum Gasteiger partial charge on any atom is -0.394 e. The summed E-state index contributed by atoms with van der Waals surface area (Å²) in [6, 6.07) is 9.29. The Bertz CT molecular complexity index is 823. The number of hydrogen-bond acceptors (Lipinski definition) is 3. The average molecular weight is 273 g/mol. The predicted octanol–water partition coefficient (Wildman–Crippen LogP) is 1.32. The molecular weight excluding hydrogens is 261 g/mol. The van der Waals surface area contributed by atoms with Crippen LogP contribution in [0.3, 0.4) is 0 Å². The summed E-state index contributed by atoms with van der Waals surface area (Å²) in [7, 11) is 0. The maximum atomic E-state index is 13.4. The quantitative estimate of drug-likeness (QED) is 0.783. The van der Waals surface area contributed by atoms with Gasteiger partial charge in [-0.3, -0.25) is 9.36 Å². The lowest BCUT2D eigenvalue weighted by Crippen LogP contribution is -2.24. The Morgan fingerprint density at radius 3 is 2.85 bits per heavy atom. The van der Waals surface area contributed by atoms with E-state index in [1.165, 1.54) is 22.9 Å². The van der Waals surface area contributed by atoms with E-state index < -0.39 is 0 Å². The maximum Gasteiger partial charge on any atom is 0.266 e. The van der Waals surface area contributed by atoms with E-state index in [0.29, 0.717) is 11.3 Å². The van der Waals surface area contributed by atoms with Gasteiger partial charge in [0.25, 0.3) is 5.56 Å². The number of hydrogen-bond donors (Lipinski definition) is 1. The van der Waals surface area contributed by atoms with Crippen molar-refractivity contribution in [1.29, 1.82) is 0 Å². The zero-order chi connectivity index (χ0) is 14.1. The summed E-state index contributed by atoms with van der Waals surface area (Å²) in [5, 5.41) is 14.0. The molecule has 0 atom stereocenters. The minimum absolute atomic E-state index is 0.125. The number of benzene rings is 1. The van der Waals surface area contributed by atoms with Gasteiger partial charge >= 0.3 is 0 Å². The Morgan fingerprint density at radius 2 is 2.05 bits per heavy atom. The zero-order valence-electron chi connectivity index (χ0n) is 10.5. The van der Waals surface area contributed by atoms with E-state index in [1.54, 1.807) is 22.9 Å². The molecule has 0 aliphatic rings. The number of aliphatic hydroxyl groups is 1. The minimum atomic E-state index is -0.332. The third kappa shape index (κ3) is 2.10. The molecule has 0 saturated heterocycles. The van der Waals surface area contributed by atoms with Gasteiger partial charge in [-0.2, -0.15) is 5.10 Å². The zero-order valence-corrected chi connectivity index (χ0v) is 10.5. The molecule has 1 aromatic carbocycles. The number of nitrogens with zero attached hydrogens (tertiary/aromatic N) is 3. The first-order valence-corrected chi connectivity index (χ1v) is 6.15. The Balaban J connectivity index is 2.18. The highest BCUT2D eigenvalue weighted by Gasteiger charge is 2.07. The summed E-state index contributed by atoms with van der Waals surface area (Å²) in [5.74, 6) is 0.166. The van der Waals surface area contributed by atoms with Crippen LogP contribution in [0.25, 0.3) is 16.7 Å². The highest BCUT2D eigenvalue weighted by molar-refractivity contribution is 5.81. The first kappa shape index (κ1) is 12.6. The van der Waals surface area contributed by atoms with Crippen LogP contribution in [0.5, 0.6) is 0 Å². The highest BCUT2D eigenvalue weighted by Crippen LogP contribution is 2.19. The fraction of sp³-hybridized carbons (Fsp3) is 0.143. The number of fused-ring (bicyclic) bond motifs is 1. The van der Waals surface area contributed by atoms with Crippen molar-refractivity contribution < 1.29 is 9.50 Å². The third-order valence-corrected chi connectivity index (χ3v) is 3.07. The Labute approximate surface area is 113 Å². The largest absolute Gasteiger partial charge is 0.394 e. The van der Waals surface area contributed by atoms with Gasteiger partial charge in [-0.25, -0.2) is 9.07 Å². The molecule has 3 aromatic rings. The van der Waals surface area contributed by atoms with Gasteiger partial charge in [-0.15, -0.1) is 0 Å². The number of rotatable bonds is 3. The monoisotopic (exact) mass is 273 g/mol. The lowest BCUT2D eigenvalue weighted by Gasteiger charge is -2.07. The SMILES string of the molecule is O=c1ccc(-n2ccc3ccc(F)cc32)nn1CCO. The van der Waals surface area contributed by atoms with Gasteiger partial charge in [0.1, 0.15) is 5.82 Å². The molecule has 0 unspecified atom stereocenters. The molecule has 0 bridgehead atoms. The van der Waals surface area contributed by atoms with Crippen molar-refractivity contribution in [3.05, 3.63) is 58.8 Å².